The Kier molecular flexibility index (Phi) is 6.85. The summed E-state index contributed by atoms with van der Waals surface area (Å²) >= 11 is 2.70. The minimum absolute atomic E-state index is 0.312. The summed E-state index contributed by atoms with van der Waals surface area (Å²) in [6.45, 7) is 0. The van der Waals surface area contributed by atoms with Gasteiger partial charge in [-0.3, -0.25) is 4.55 Å². The van der Waals surface area contributed by atoms with Crippen LogP contribution in [0.4, 0.5) is 30.7 Å². The molecule has 0 unspecified atom stereocenters. The van der Waals surface area contributed by atoms with Crippen LogP contribution in [0.1, 0.15) is 0 Å². The molecule has 0 atom stereocenters. The Morgan fingerprint density at radius 3 is 1.45 bits per heavy atom. The summed E-state index contributed by atoms with van der Waals surface area (Å²) in [5, 5.41) is -4.03. The van der Waals surface area contributed by atoms with Crippen molar-refractivity contribution in [3.05, 3.63) is 60.0 Å². The maximum atomic E-state index is 14.4. The average molecular weight is 742 g/mol. The van der Waals surface area contributed by atoms with Gasteiger partial charge in [-0.2, -0.15) is 16.8 Å². The van der Waals surface area contributed by atoms with Crippen molar-refractivity contribution in [3.8, 4) is 5.75 Å². The number of hydrogen-bond acceptors (Lipinski definition) is 5. The Morgan fingerprint density at radius 1 is 0.636 bits per heavy atom. The van der Waals surface area contributed by atoms with Crippen LogP contribution in [0.25, 0.3) is 10.8 Å². The molecular formula is C16H3F7I2O6S2. The lowest BCUT2D eigenvalue weighted by molar-refractivity contribution is 0.403. The van der Waals surface area contributed by atoms with Crippen molar-refractivity contribution in [1.82, 2.24) is 0 Å². The monoisotopic (exact) mass is 742 g/mol. The van der Waals surface area contributed by atoms with E-state index in [1.54, 1.807) is 0 Å². The van der Waals surface area contributed by atoms with Crippen LogP contribution in [0, 0.1) is 47.9 Å². The van der Waals surface area contributed by atoms with Gasteiger partial charge in [0.1, 0.15) is 10.6 Å². The van der Waals surface area contributed by atoms with E-state index in [4.69, 9.17) is 0 Å². The van der Waals surface area contributed by atoms with Gasteiger partial charge in [0.2, 0.25) is 0 Å². The van der Waals surface area contributed by atoms with Crippen LogP contribution in [0.15, 0.2) is 21.9 Å². The van der Waals surface area contributed by atoms with Gasteiger partial charge in [0.15, 0.2) is 45.6 Å². The first-order valence-electron chi connectivity index (χ1n) is 7.73. The summed E-state index contributed by atoms with van der Waals surface area (Å²) in [4.78, 5) is -2.85. The van der Waals surface area contributed by atoms with Crippen molar-refractivity contribution >= 4 is 76.2 Å². The fraction of sp³-hybridized carbons (Fsp3) is 0. The van der Waals surface area contributed by atoms with Crippen LogP contribution in [-0.4, -0.2) is 21.4 Å². The zero-order chi connectivity index (χ0) is 25.2. The first kappa shape index (κ1) is 26.2. The number of benzene rings is 3. The second-order valence-electron chi connectivity index (χ2n) is 6.01. The van der Waals surface area contributed by atoms with Crippen molar-refractivity contribution in [2.24, 2.45) is 0 Å². The van der Waals surface area contributed by atoms with Crippen molar-refractivity contribution in [2.75, 3.05) is 0 Å². The molecule has 0 fully saturated rings. The molecule has 0 heterocycles. The van der Waals surface area contributed by atoms with Crippen LogP contribution in [0.3, 0.4) is 0 Å². The first-order chi connectivity index (χ1) is 15.0. The minimum Gasteiger partial charge on any atom is -0.379 e. The van der Waals surface area contributed by atoms with Crippen LogP contribution in [0.2, 0.25) is 0 Å². The Bertz CT molecular complexity index is 1550. The third-order valence-corrected chi connectivity index (χ3v) is 8.67. The third-order valence-electron chi connectivity index (χ3n) is 3.98. The largest absolute Gasteiger partial charge is 0.379 e. The Morgan fingerprint density at radius 2 is 1.03 bits per heavy atom. The van der Waals surface area contributed by atoms with E-state index in [0.717, 1.165) is 0 Å². The lowest BCUT2D eigenvalue weighted by Gasteiger charge is -2.15. The van der Waals surface area contributed by atoms with E-state index in [1.165, 1.54) is 45.2 Å². The summed E-state index contributed by atoms with van der Waals surface area (Å²) in [5.74, 6) is -18.9. The van der Waals surface area contributed by atoms with Crippen molar-refractivity contribution in [3.63, 3.8) is 0 Å². The van der Waals surface area contributed by atoms with Crippen LogP contribution >= 0.6 is 45.2 Å². The zero-order valence-electron chi connectivity index (χ0n) is 14.9. The Balaban J connectivity index is 2.36. The second-order valence-corrected chi connectivity index (χ2v) is 11.2. The summed E-state index contributed by atoms with van der Waals surface area (Å²) in [6, 6.07) is 1.39. The number of halogens is 9. The van der Waals surface area contributed by atoms with Crippen molar-refractivity contribution in [1.29, 1.82) is 0 Å². The molecular weight excluding hydrogens is 739 g/mol. The molecule has 3 aromatic carbocycles. The van der Waals surface area contributed by atoms with E-state index in [9.17, 15) is 52.1 Å². The van der Waals surface area contributed by atoms with Gasteiger partial charge in [-0.05, 0) is 57.3 Å². The molecule has 0 saturated carbocycles. The molecule has 0 aliphatic rings. The number of hydrogen-bond donors (Lipinski definition) is 1. The molecule has 0 amide bonds. The number of rotatable bonds is 4. The van der Waals surface area contributed by atoms with Gasteiger partial charge in [0.05, 0.1) is 10.8 Å². The van der Waals surface area contributed by atoms with Gasteiger partial charge in [0.25, 0.3) is 10.1 Å². The molecule has 0 aliphatic heterocycles. The van der Waals surface area contributed by atoms with E-state index in [2.05, 4.69) is 4.18 Å². The summed E-state index contributed by atoms with van der Waals surface area (Å²) in [5.41, 5.74) is 0. The molecule has 6 nitrogen and oxygen atoms in total. The molecule has 3 aromatic rings. The molecule has 0 radical (unpaired) electrons. The van der Waals surface area contributed by atoms with Crippen molar-refractivity contribution in [2.45, 2.75) is 9.79 Å². The summed E-state index contributed by atoms with van der Waals surface area (Å²) < 4.78 is 159. The minimum atomic E-state index is -5.76. The van der Waals surface area contributed by atoms with Crippen LogP contribution in [-0.2, 0) is 20.2 Å². The molecule has 0 saturated heterocycles. The van der Waals surface area contributed by atoms with Gasteiger partial charge in [-0.25, -0.2) is 30.7 Å². The zero-order valence-corrected chi connectivity index (χ0v) is 20.8. The molecule has 17 heteroatoms. The van der Waals surface area contributed by atoms with Gasteiger partial charge >= 0.3 is 10.1 Å². The van der Waals surface area contributed by atoms with Crippen LogP contribution < -0.4 is 4.18 Å². The number of fused-ring (bicyclic) bond motifs is 1. The van der Waals surface area contributed by atoms with Gasteiger partial charge < -0.3 is 4.18 Å². The lowest BCUT2D eigenvalue weighted by atomic mass is 10.1. The highest BCUT2D eigenvalue weighted by Gasteiger charge is 2.37. The van der Waals surface area contributed by atoms with Gasteiger partial charge in [-0.1, -0.05) is 0 Å². The summed E-state index contributed by atoms with van der Waals surface area (Å²) in [7, 11) is -10.5. The smallest absolute Gasteiger partial charge is 0.343 e. The van der Waals surface area contributed by atoms with E-state index in [0.29, 0.717) is 12.1 Å². The second kappa shape index (κ2) is 8.64. The standard InChI is InChI=1S/C16H3F7I2O6S2/c17-8-6-7(10(19)12(21)11(8)20)16(14(23)13(22)9(6)18)33(29,30)31-3-1-4(24)15(5(25)2-3)32(26,27)28/h1-2H,(H,26,27,28). The van der Waals surface area contributed by atoms with Crippen LogP contribution in [0.5, 0.6) is 5.75 Å². The molecule has 33 heavy (non-hydrogen) atoms. The third kappa shape index (κ3) is 4.36. The topological polar surface area (TPSA) is 97.7 Å². The average Bonchev–Trinajstić information content (AvgIpc) is 2.66. The Hall–Kier alpha value is -1.45. The first-order valence-corrected chi connectivity index (χ1v) is 12.7. The van der Waals surface area contributed by atoms with Gasteiger partial charge in [0, 0.05) is 7.14 Å². The van der Waals surface area contributed by atoms with E-state index >= 15 is 0 Å². The Labute approximate surface area is 206 Å². The fourth-order valence-corrected chi connectivity index (χ4v) is 7.88. The fourth-order valence-electron chi connectivity index (χ4n) is 2.70. The van der Waals surface area contributed by atoms with E-state index < -0.39 is 87.3 Å². The van der Waals surface area contributed by atoms with E-state index in [1.807, 2.05) is 0 Å². The highest BCUT2D eigenvalue weighted by Crippen LogP contribution is 2.38. The molecule has 178 valence electrons. The van der Waals surface area contributed by atoms with Gasteiger partial charge in [-0.15, -0.1) is 0 Å². The molecule has 0 spiro atoms. The SMILES string of the molecule is O=S(=O)(O)c1c(I)cc(OS(=O)(=O)c2c(F)c(F)c(F)c3c(F)c(F)c(F)c(F)c23)cc1I. The summed E-state index contributed by atoms with van der Waals surface area (Å²) in [6.07, 6.45) is 0. The molecule has 1 N–H and O–H groups in total. The lowest BCUT2D eigenvalue weighted by Crippen LogP contribution is -2.17. The molecule has 0 aromatic heterocycles. The highest BCUT2D eigenvalue weighted by atomic mass is 127. The van der Waals surface area contributed by atoms with E-state index in [-0.39, 0.29) is 7.14 Å². The molecule has 0 bridgehead atoms. The maximum Gasteiger partial charge on any atom is 0.343 e. The predicted molar refractivity (Wildman–Crippen MR) is 113 cm³/mol. The normalized spacial score (nSPS) is 12.4. The predicted octanol–water partition coefficient (Wildman–Crippen LogP) is 5.04. The highest BCUT2D eigenvalue weighted by molar-refractivity contribution is 14.1. The molecule has 0 aliphatic carbocycles. The van der Waals surface area contributed by atoms with Crippen molar-refractivity contribution < 1.29 is 56.3 Å². The maximum absolute atomic E-state index is 14.4. The quantitative estimate of drug-likeness (QED) is 0.101. The molecule has 3 rings (SSSR count).